The van der Waals surface area contributed by atoms with Crippen molar-refractivity contribution in [2.45, 2.75) is 257 Å². The quantitative estimate of drug-likeness (QED) is 0.0243. The van der Waals surface area contributed by atoms with E-state index in [9.17, 15) is 19.4 Å². The number of quaternary nitrogens is 1. The molecule has 0 aliphatic rings. The first-order valence-corrected chi connectivity index (χ1v) is 31.1. The van der Waals surface area contributed by atoms with Gasteiger partial charge < -0.3 is 19.8 Å². The number of nitrogens with zero attached hydrogens (tertiary/aromatic N) is 1. The first-order valence-electron chi connectivity index (χ1n) is 29.6. The maximum atomic E-state index is 13.0. The van der Waals surface area contributed by atoms with Gasteiger partial charge >= 0.3 is 7.82 Å². The van der Waals surface area contributed by atoms with E-state index in [0.717, 1.165) is 83.5 Å². The number of aliphatic hydroxyl groups is 1. The molecule has 0 fully saturated rings. The Bertz CT molecular complexity index is 1490. The van der Waals surface area contributed by atoms with E-state index in [0.29, 0.717) is 17.4 Å². The van der Waals surface area contributed by atoms with E-state index >= 15 is 0 Å². The van der Waals surface area contributed by atoms with Gasteiger partial charge in [0.05, 0.1) is 39.9 Å². The van der Waals surface area contributed by atoms with Crippen LogP contribution in [0.3, 0.4) is 0 Å². The summed E-state index contributed by atoms with van der Waals surface area (Å²) in [5.41, 5.74) is 0. The van der Waals surface area contributed by atoms with Crippen molar-refractivity contribution < 1.29 is 32.9 Å². The monoisotopic (exact) mass is 1030 g/mol. The number of rotatable bonds is 53. The topological polar surface area (TPSA) is 105 Å². The lowest BCUT2D eigenvalue weighted by atomic mass is 10.0. The maximum Gasteiger partial charge on any atom is 0.472 e. The molecule has 9 heteroatoms. The Morgan fingerprint density at radius 1 is 0.486 bits per heavy atom. The molecule has 0 saturated carbocycles. The Morgan fingerprint density at radius 3 is 1.22 bits per heavy atom. The lowest BCUT2D eigenvalue weighted by Gasteiger charge is -2.25. The minimum atomic E-state index is -4.35. The summed E-state index contributed by atoms with van der Waals surface area (Å²) in [7, 11) is 1.57. The lowest BCUT2D eigenvalue weighted by Crippen LogP contribution is -2.45. The average molecular weight is 1030 g/mol. The molecule has 0 aromatic rings. The molecular formula is C63H114N2O6P+. The van der Waals surface area contributed by atoms with Crippen LogP contribution in [-0.4, -0.2) is 73.4 Å². The van der Waals surface area contributed by atoms with Gasteiger partial charge in [-0.25, -0.2) is 4.57 Å². The van der Waals surface area contributed by atoms with Crippen molar-refractivity contribution >= 4 is 13.7 Å². The van der Waals surface area contributed by atoms with Crippen LogP contribution in [0.2, 0.25) is 0 Å². The van der Waals surface area contributed by atoms with Crippen LogP contribution in [-0.2, 0) is 18.4 Å². The number of phosphoric ester groups is 1. The number of aliphatic hydroxyl groups excluding tert-OH is 1. The molecule has 1 amide bonds. The van der Waals surface area contributed by atoms with Crippen LogP contribution in [0.1, 0.15) is 245 Å². The highest BCUT2D eigenvalue weighted by Crippen LogP contribution is 2.43. The Morgan fingerprint density at radius 2 is 0.833 bits per heavy atom. The minimum absolute atomic E-state index is 0.0582. The number of carbonyl (C=O) groups is 1. The zero-order valence-corrected chi connectivity index (χ0v) is 48.3. The van der Waals surface area contributed by atoms with Crippen LogP contribution in [0.25, 0.3) is 0 Å². The molecule has 3 unspecified atom stereocenters. The van der Waals surface area contributed by atoms with Crippen molar-refractivity contribution in [3.05, 3.63) is 97.2 Å². The highest BCUT2D eigenvalue weighted by molar-refractivity contribution is 7.47. The standard InChI is InChI=1S/C63H113N2O6P/c1-6-8-10-12-14-16-18-20-22-23-24-25-26-27-28-29-30-31-32-33-34-35-36-37-38-39-40-41-43-45-47-49-51-53-55-57-63(67)64-61(60-71-72(68,69)70-59-58-65(3,4)5)62(66)56-54-52-50-48-46-44-42-21-19-17-15-13-11-9-7-2/h8,10,14,16,20,22,24-25,27-28,30-31,33-34,54,56,61-62,66H,6-7,9,11-13,15,17-19,21,23,26,29,32,35-53,55,57-60H2,1-5H3,(H-,64,67,68,69)/p+1/b10-8-,16-14-,22-20-,25-24-,28-27-,31-30-,34-33-,56-54+. The normalized spacial score (nSPS) is 14.6. The molecule has 416 valence electrons. The summed E-state index contributed by atoms with van der Waals surface area (Å²) in [6, 6.07) is -0.852. The smallest absolute Gasteiger partial charge is 0.387 e. The van der Waals surface area contributed by atoms with Gasteiger partial charge in [-0.15, -0.1) is 0 Å². The molecule has 0 aromatic heterocycles. The highest BCUT2D eigenvalue weighted by atomic mass is 31.2. The van der Waals surface area contributed by atoms with Gasteiger partial charge in [-0.1, -0.05) is 259 Å². The first-order chi connectivity index (χ1) is 35.0. The third-order valence-electron chi connectivity index (χ3n) is 12.8. The highest BCUT2D eigenvalue weighted by Gasteiger charge is 2.27. The number of likely N-dealkylation sites (N-methyl/N-ethyl adjacent to an activating group) is 1. The number of nitrogens with one attached hydrogen (secondary N) is 1. The van der Waals surface area contributed by atoms with Crippen LogP contribution in [0.5, 0.6) is 0 Å². The van der Waals surface area contributed by atoms with Crippen molar-refractivity contribution in [2.24, 2.45) is 0 Å². The van der Waals surface area contributed by atoms with E-state index in [4.69, 9.17) is 9.05 Å². The summed E-state index contributed by atoms with van der Waals surface area (Å²) < 4.78 is 23.7. The molecule has 3 N–H and O–H groups in total. The molecular weight excluding hydrogens is 912 g/mol. The molecule has 0 aliphatic carbocycles. The molecule has 0 spiro atoms. The van der Waals surface area contributed by atoms with Gasteiger partial charge in [0, 0.05) is 6.42 Å². The van der Waals surface area contributed by atoms with Crippen molar-refractivity contribution in [3.8, 4) is 0 Å². The average Bonchev–Trinajstić information content (AvgIpc) is 3.34. The van der Waals surface area contributed by atoms with Crippen molar-refractivity contribution in [2.75, 3.05) is 40.9 Å². The number of hydrogen-bond donors (Lipinski definition) is 3. The Hall–Kier alpha value is -2.58. The predicted molar refractivity (Wildman–Crippen MR) is 313 cm³/mol. The van der Waals surface area contributed by atoms with Crippen molar-refractivity contribution in [1.29, 1.82) is 0 Å². The van der Waals surface area contributed by atoms with E-state index < -0.39 is 20.0 Å². The van der Waals surface area contributed by atoms with Gasteiger partial charge in [-0.05, 0) is 77.0 Å². The van der Waals surface area contributed by atoms with Gasteiger partial charge in [0.1, 0.15) is 13.2 Å². The lowest BCUT2D eigenvalue weighted by molar-refractivity contribution is -0.870. The fraction of sp³-hybridized carbons (Fsp3) is 0.730. The second-order valence-electron chi connectivity index (χ2n) is 21.0. The molecule has 3 atom stereocenters. The largest absolute Gasteiger partial charge is 0.472 e. The Balaban J connectivity index is 4.10. The summed E-state index contributed by atoms with van der Waals surface area (Å²) in [6.07, 6.45) is 76.5. The van der Waals surface area contributed by atoms with E-state index in [1.165, 1.54) is 141 Å². The molecule has 0 bridgehead atoms. The Kier molecular flexibility index (Phi) is 51.3. The van der Waals surface area contributed by atoms with Crippen LogP contribution in [0.15, 0.2) is 97.2 Å². The van der Waals surface area contributed by atoms with Gasteiger partial charge in [-0.3, -0.25) is 13.8 Å². The van der Waals surface area contributed by atoms with Crippen LogP contribution in [0.4, 0.5) is 0 Å². The van der Waals surface area contributed by atoms with Crippen molar-refractivity contribution in [1.82, 2.24) is 5.32 Å². The van der Waals surface area contributed by atoms with Gasteiger partial charge in [0.15, 0.2) is 0 Å². The number of hydrogen-bond acceptors (Lipinski definition) is 5. The zero-order valence-electron chi connectivity index (χ0n) is 47.4. The molecule has 0 radical (unpaired) electrons. The second kappa shape index (κ2) is 53.3. The third kappa shape index (κ3) is 55.2. The van der Waals surface area contributed by atoms with Crippen LogP contribution >= 0.6 is 7.82 Å². The van der Waals surface area contributed by atoms with E-state index in [1.807, 2.05) is 27.2 Å². The summed E-state index contributed by atoms with van der Waals surface area (Å²) in [6.45, 7) is 4.70. The molecule has 0 saturated heterocycles. The number of phosphoric acid groups is 1. The van der Waals surface area contributed by atoms with E-state index in [-0.39, 0.29) is 19.1 Å². The summed E-state index contributed by atoms with van der Waals surface area (Å²) in [4.78, 5) is 23.3. The second-order valence-corrected chi connectivity index (χ2v) is 22.4. The summed E-state index contributed by atoms with van der Waals surface area (Å²) >= 11 is 0. The zero-order chi connectivity index (χ0) is 52.7. The number of amides is 1. The van der Waals surface area contributed by atoms with E-state index in [1.54, 1.807) is 6.08 Å². The molecule has 72 heavy (non-hydrogen) atoms. The maximum absolute atomic E-state index is 13.0. The van der Waals surface area contributed by atoms with Gasteiger partial charge in [-0.2, -0.15) is 0 Å². The van der Waals surface area contributed by atoms with E-state index in [2.05, 4.69) is 104 Å². The van der Waals surface area contributed by atoms with Crippen LogP contribution < -0.4 is 5.32 Å². The molecule has 0 aliphatic heterocycles. The van der Waals surface area contributed by atoms with Gasteiger partial charge in [0.2, 0.25) is 5.91 Å². The van der Waals surface area contributed by atoms with Crippen LogP contribution in [0, 0.1) is 0 Å². The summed E-state index contributed by atoms with van der Waals surface area (Å²) in [5, 5.41) is 13.9. The molecule has 0 heterocycles. The van der Waals surface area contributed by atoms with Crippen molar-refractivity contribution in [3.63, 3.8) is 0 Å². The third-order valence-corrected chi connectivity index (χ3v) is 13.8. The summed E-state index contributed by atoms with van der Waals surface area (Å²) in [5.74, 6) is -0.181. The molecule has 0 aromatic carbocycles. The number of unbranched alkanes of at least 4 members (excludes halogenated alkanes) is 26. The number of carbonyl (C=O) groups excluding carboxylic acids is 1. The Labute approximate surface area is 445 Å². The number of allylic oxidation sites excluding steroid dienone is 15. The predicted octanol–water partition coefficient (Wildman–Crippen LogP) is 18.2. The molecule has 0 rings (SSSR count). The fourth-order valence-electron chi connectivity index (χ4n) is 8.20. The first kappa shape index (κ1) is 69.4. The minimum Gasteiger partial charge on any atom is -0.387 e. The fourth-order valence-corrected chi connectivity index (χ4v) is 8.93. The van der Waals surface area contributed by atoms with Gasteiger partial charge in [0.25, 0.3) is 0 Å². The molecule has 8 nitrogen and oxygen atoms in total. The SMILES string of the molecule is CC/C=C\C/C=C\C/C=C\C/C=C\C/C=C\C/C=C\C/C=C\CCCCCCCCCCCCCCCC(=O)NC(COP(=O)(O)OCC[N+](C)(C)C)C(O)/C=C/CCCCCCCCCCCCCCC.